The van der Waals surface area contributed by atoms with Crippen molar-refractivity contribution in [2.75, 3.05) is 20.3 Å². The zero-order valence-electron chi connectivity index (χ0n) is 20.2. The summed E-state index contributed by atoms with van der Waals surface area (Å²) in [6, 6.07) is 21.9. The molecule has 4 rings (SSSR count). The van der Waals surface area contributed by atoms with Gasteiger partial charge in [-0.15, -0.1) is 0 Å². The molecule has 1 saturated heterocycles. The SMILES string of the molecule is COCCCN1C(=O)C(=O)C(=C(O)c2ccc(OCc3cccc(C)c3)cc2)C1c1ccc(I)cc1. The number of ketones is 1. The van der Waals surface area contributed by atoms with Gasteiger partial charge < -0.3 is 19.5 Å². The Bertz CT molecular complexity index is 1270. The maximum atomic E-state index is 13.1. The molecule has 1 fully saturated rings. The molecule has 1 heterocycles. The van der Waals surface area contributed by atoms with Crippen LogP contribution < -0.4 is 4.74 Å². The van der Waals surface area contributed by atoms with Gasteiger partial charge in [0.05, 0.1) is 11.6 Å². The van der Waals surface area contributed by atoms with Crippen LogP contribution in [0.1, 0.15) is 34.7 Å². The van der Waals surface area contributed by atoms with Gasteiger partial charge in [-0.25, -0.2) is 0 Å². The predicted molar refractivity (Wildman–Crippen MR) is 147 cm³/mol. The lowest BCUT2D eigenvalue weighted by atomic mass is 9.95. The Hall–Kier alpha value is -3.17. The summed E-state index contributed by atoms with van der Waals surface area (Å²) >= 11 is 2.21. The van der Waals surface area contributed by atoms with Crippen molar-refractivity contribution in [2.24, 2.45) is 0 Å². The first kappa shape index (κ1) is 25.9. The van der Waals surface area contributed by atoms with Gasteiger partial charge in [-0.1, -0.05) is 42.0 Å². The van der Waals surface area contributed by atoms with Crippen LogP contribution in [0.25, 0.3) is 5.76 Å². The van der Waals surface area contributed by atoms with Gasteiger partial charge in [-0.05, 0) is 83.5 Å². The molecule has 7 heteroatoms. The lowest BCUT2D eigenvalue weighted by molar-refractivity contribution is -0.140. The van der Waals surface area contributed by atoms with Crippen LogP contribution in [-0.2, 0) is 20.9 Å². The van der Waals surface area contributed by atoms with Gasteiger partial charge in [0.2, 0.25) is 0 Å². The molecular weight excluding hydrogens is 569 g/mol. The number of carbonyl (C=O) groups excluding carboxylic acids is 2. The number of nitrogens with zero attached hydrogens (tertiary/aromatic N) is 1. The number of amides is 1. The monoisotopic (exact) mass is 597 g/mol. The molecule has 0 spiro atoms. The molecule has 1 atom stereocenters. The van der Waals surface area contributed by atoms with Gasteiger partial charge in [-0.2, -0.15) is 0 Å². The van der Waals surface area contributed by atoms with Crippen LogP contribution in [0.4, 0.5) is 0 Å². The number of halogens is 1. The van der Waals surface area contributed by atoms with Crippen molar-refractivity contribution in [1.82, 2.24) is 4.90 Å². The fraction of sp³-hybridized carbons (Fsp3) is 0.241. The molecule has 6 nitrogen and oxygen atoms in total. The van der Waals surface area contributed by atoms with Crippen molar-refractivity contribution in [2.45, 2.75) is 26.0 Å². The number of ether oxygens (including phenoxy) is 2. The number of rotatable bonds is 9. The van der Waals surface area contributed by atoms with Gasteiger partial charge in [0.25, 0.3) is 11.7 Å². The van der Waals surface area contributed by atoms with Crippen LogP contribution >= 0.6 is 22.6 Å². The second-order valence-electron chi connectivity index (χ2n) is 8.69. The highest BCUT2D eigenvalue weighted by Gasteiger charge is 2.45. The topological polar surface area (TPSA) is 76.1 Å². The molecule has 36 heavy (non-hydrogen) atoms. The van der Waals surface area contributed by atoms with E-state index in [0.717, 1.165) is 20.3 Å². The zero-order valence-corrected chi connectivity index (χ0v) is 22.4. The Kier molecular flexibility index (Phi) is 8.43. The van der Waals surface area contributed by atoms with E-state index < -0.39 is 17.7 Å². The molecule has 1 unspecified atom stereocenters. The molecule has 1 N–H and O–H groups in total. The number of carbonyl (C=O) groups is 2. The molecule has 3 aromatic rings. The second-order valence-corrected chi connectivity index (χ2v) is 9.94. The molecule has 186 valence electrons. The normalized spacial score (nSPS) is 17.0. The fourth-order valence-corrected chi connectivity index (χ4v) is 4.67. The summed E-state index contributed by atoms with van der Waals surface area (Å²) in [7, 11) is 1.60. The smallest absolute Gasteiger partial charge is 0.295 e. The van der Waals surface area contributed by atoms with Crippen molar-refractivity contribution < 1.29 is 24.2 Å². The lowest BCUT2D eigenvalue weighted by Crippen LogP contribution is -2.31. The number of aliphatic hydroxyl groups excluding tert-OH is 1. The Morgan fingerprint density at radius 3 is 2.42 bits per heavy atom. The van der Waals surface area contributed by atoms with E-state index in [0.29, 0.717) is 37.5 Å². The quantitative estimate of drug-likeness (QED) is 0.114. The molecule has 0 aromatic heterocycles. The molecule has 0 aliphatic carbocycles. The first-order chi connectivity index (χ1) is 17.4. The summed E-state index contributed by atoms with van der Waals surface area (Å²) in [6.07, 6.45) is 0.581. The summed E-state index contributed by atoms with van der Waals surface area (Å²) in [5, 5.41) is 11.2. The molecular formula is C29H28INO5. The van der Waals surface area contributed by atoms with Crippen molar-refractivity contribution in [3.63, 3.8) is 0 Å². The van der Waals surface area contributed by atoms with E-state index in [2.05, 4.69) is 28.7 Å². The largest absolute Gasteiger partial charge is 0.507 e. The first-order valence-electron chi connectivity index (χ1n) is 11.7. The lowest BCUT2D eigenvalue weighted by Gasteiger charge is -2.25. The second kappa shape index (κ2) is 11.7. The van der Waals surface area contributed by atoms with Gasteiger partial charge in [0.1, 0.15) is 18.1 Å². The molecule has 1 aliphatic heterocycles. The van der Waals surface area contributed by atoms with Crippen LogP contribution in [0.2, 0.25) is 0 Å². The van der Waals surface area contributed by atoms with E-state index in [9.17, 15) is 14.7 Å². The minimum absolute atomic E-state index is 0.0899. The predicted octanol–water partition coefficient (Wildman–Crippen LogP) is 5.64. The van der Waals surface area contributed by atoms with E-state index in [4.69, 9.17) is 9.47 Å². The summed E-state index contributed by atoms with van der Waals surface area (Å²) in [6.45, 7) is 3.27. The third kappa shape index (κ3) is 5.79. The van der Waals surface area contributed by atoms with Gasteiger partial charge in [0.15, 0.2) is 0 Å². The fourth-order valence-electron chi connectivity index (χ4n) is 4.31. The van der Waals surface area contributed by atoms with Crippen LogP contribution in [0.5, 0.6) is 5.75 Å². The van der Waals surface area contributed by atoms with Crippen LogP contribution in [0, 0.1) is 10.5 Å². The number of likely N-dealkylation sites (tertiary alicyclic amines) is 1. The van der Waals surface area contributed by atoms with Gasteiger partial charge >= 0.3 is 0 Å². The maximum absolute atomic E-state index is 13.1. The van der Waals surface area contributed by atoms with Crippen molar-refractivity contribution in [3.8, 4) is 5.75 Å². The summed E-state index contributed by atoms with van der Waals surface area (Å²) in [4.78, 5) is 27.6. The Morgan fingerprint density at radius 1 is 1.03 bits per heavy atom. The number of methoxy groups -OCH3 is 1. The molecule has 0 radical (unpaired) electrons. The first-order valence-corrected chi connectivity index (χ1v) is 12.8. The number of hydrogen-bond donors (Lipinski definition) is 1. The van der Waals surface area contributed by atoms with Crippen LogP contribution in [-0.4, -0.2) is 42.0 Å². The minimum atomic E-state index is -0.687. The van der Waals surface area contributed by atoms with E-state index in [1.54, 1.807) is 31.4 Å². The van der Waals surface area contributed by atoms with Crippen molar-refractivity contribution in [1.29, 1.82) is 0 Å². The van der Waals surface area contributed by atoms with Crippen LogP contribution in [0.3, 0.4) is 0 Å². The molecule has 1 aliphatic rings. The standard InChI is InChI=1S/C29H28INO5/c1-19-5-3-6-20(17-19)18-36-24-13-9-22(10-14-24)27(32)25-26(21-7-11-23(30)12-8-21)31(15-4-16-35-2)29(34)28(25)33/h3,5-14,17,26,32H,4,15-16,18H2,1-2H3. The van der Waals surface area contributed by atoms with Crippen LogP contribution in [0.15, 0.2) is 78.4 Å². The molecule has 1 amide bonds. The Morgan fingerprint density at radius 2 is 1.75 bits per heavy atom. The van der Waals surface area contributed by atoms with Crippen molar-refractivity contribution >= 4 is 40.0 Å². The zero-order chi connectivity index (χ0) is 25.7. The van der Waals surface area contributed by atoms with Gasteiger partial charge in [-0.3, -0.25) is 9.59 Å². The molecule has 0 saturated carbocycles. The highest BCUT2D eigenvalue weighted by atomic mass is 127. The van der Waals surface area contributed by atoms with E-state index >= 15 is 0 Å². The summed E-state index contributed by atoms with van der Waals surface area (Å²) in [5.41, 5.74) is 3.54. The number of Topliss-reactive ketones (excluding diaryl/α,β-unsaturated/α-hetero) is 1. The third-order valence-electron chi connectivity index (χ3n) is 6.09. The Balaban J connectivity index is 1.62. The van der Waals surface area contributed by atoms with Crippen molar-refractivity contribution in [3.05, 3.63) is 104 Å². The highest BCUT2D eigenvalue weighted by Crippen LogP contribution is 2.39. The minimum Gasteiger partial charge on any atom is -0.507 e. The molecule has 3 aromatic carbocycles. The summed E-state index contributed by atoms with van der Waals surface area (Å²) < 4.78 is 12.0. The van der Waals surface area contributed by atoms with Gasteiger partial charge in [0, 0.05) is 29.4 Å². The highest BCUT2D eigenvalue weighted by molar-refractivity contribution is 14.1. The summed E-state index contributed by atoms with van der Waals surface area (Å²) in [5.74, 6) is -0.860. The number of aryl methyl sites for hydroxylation is 1. The third-order valence-corrected chi connectivity index (χ3v) is 6.81. The molecule has 0 bridgehead atoms. The Labute approximate surface area is 224 Å². The maximum Gasteiger partial charge on any atom is 0.295 e. The number of hydrogen-bond acceptors (Lipinski definition) is 5. The average molecular weight is 597 g/mol. The number of benzene rings is 3. The van der Waals surface area contributed by atoms with E-state index in [-0.39, 0.29) is 11.3 Å². The average Bonchev–Trinajstić information content (AvgIpc) is 3.13. The van der Waals surface area contributed by atoms with E-state index in [1.165, 1.54) is 4.90 Å². The van der Waals surface area contributed by atoms with E-state index in [1.807, 2.05) is 49.4 Å². The number of aliphatic hydroxyl groups is 1.